The Bertz CT molecular complexity index is 572. The first kappa shape index (κ1) is 15.8. The quantitative estimate of drug-likeness (QED) is 0.846. The second-order valence-electron chi connectivity index (χ2n) is 5.61. The molecule has 0 aliphatic rings. The molecule has 1 aromatic heterocycles. The fourth-order valence-electron chi connectivity index (χ4n) is 2.96. The molecule has 21 heavy (non-hydrogen) atoms. The molecule has 2 aromatic rings. The van der Waals surface area contributed by atoms with Gasteiger partial charge in [-0.25, -0.2) is 0 Å². The highest BCUT2D eigenvalue weighted by atomic mass is 15.3. The molecule has 0 aliphatic carbocycles. The molecule has 0 saturated carbocycles. The average molecular weight is 285 g/mol. The van der Waals surface area contributed by atoms with Crippen molar-refractivity contribution in [3.63, 3.8) is 0 Å². The van der Waals surface area contributed by atoms with Crippen LogP contribution in [0.2, 0.25) is 0 Å². The van der Waals surface area contributed by atoms with Crippen molar-refractivity contribution in [3.05, 3.63) is 52.8 Å². The Balaban J connectivity index is 2.28. The summed E-state index contributed by atoms with van der Waals surface area (Å²) in [4.78, 5) is 0. The summed E-state index contributed by atoms with van der Waals surface area (Å²) in [6.07, 6.45) is 2.04. The molecule has 0 bridgehead atoms. The van der Waals surface area contributed by atoms with E-state index in [4.69, 9.17) is 0 Å². The van der Waals surface area contributed by atoms with Crippen molar-refractivity contribution in [2.75, 3.05) is 13.6 Å². The zero-order valence-electron chi connectivity index (χ0n) is 13.7. The lowest BCUT2D eigenvalue weighted by atomic mass is 9.90. The zero-order chi connectivity index (χ0) is 15.2. The number of nitrogens with one attached hydrogen (secondary N) is 1. The molecule has 0 amide bonds. The van der Waals surface area contributed by atoms with E-state index in [9.17, 15) is 0 Å². The number of benzene rings is 1. The van der Waals surface area contributed by atoms with Crippen LogP contribution in [0.4, 0.5) is 0 Å². The monoisotopic (exact) mass is 285 g/mol. The Morgan fingerprint density at radius 2 is 2.00 bits per heavy atom. The number of aromatic nitrogens is 2. The molecule has 0 radical (unpaired) electrons. The maximum atomic E-state index is 4.67. The lowest BCUT2D eigenvalue weighted by molar-refractivity contribution is 0.561. The molecule has 0 spiro atoms. The second kappa shape index (κ2) is 7.41. The van der Waals surface area contributed by atoms with Gasteiger partial charge >= 0.3 is 0 Å². The van der Waals surface area contributed by atoms with Gasteiger partial charge in [-0.2, -0.15) is 5.10 Å². The van der Waals surface area contributed by atoms with E-state index in [-0.39, 0.29) is 0 Å². The Morgan fingerprint density at radius 1 is 1.24 bits per heavy atom. The van der Waals surface area contributed by atoms with Crippen LogP contribution in [0, 0.1) is 6.92 Å². The highest BCUT2D eigenvalue weighted by Gasteiger charge is 2.16. The van der Waals surface area contributed by atoms with E-state index in [0.717, 1.165) is 25.9 Å². The van der Waals surface area contributed by atoms with Gasteiger partial charge in [0.2, 0.25) is 0 Å². The van der Waals surface area contributed by atoms with Gasteiger partial charge in [0, 0.05) is 24.7 Å². The third-order valence-electron chi connectivity index (χ3n) is 4.11. The zero-order valence-corrected chi connectivity index (χ0v) is 13.7. The number of aryl methyl sites for hydroxylation is 3. The highest BCUT2D eigenvalue weighted by Crippen LogP contribution is 2.24. The van der Waals surface area contributed by atoms with Crippen LogP contribution in [0.25, 0.3) is 0 Å². The SMILES string of the molecule is CCc1cc(CC(CNC)c2ccccc2C)n(CC)n1. The summed E-state index contributed by atoms with van der Waals surface area (Å²) in [5, 5.41) is 8.02. The molecule has 114 valence electrons. The van der Waals surface area contributed by atoms with Gasteiger partial charge in [-0.3, -0.25) is 4.68 Å². The molecule has 0 fully saturated rings. The van der Waals surface area contributed by atoms with E-state index in [1.807, 2.05) is 7.05 Å². The molecule has 0 saturated heterocycles. The Labute approximate surface area is 128 Å². The van der Waals surface area contributed by atoms with Crippen molar-refractivity contribution in [2.24, 2.45) is 0 Å². The molecule has 2 rings (SSSR count). The summed E-state index contributed by atoms with van der Waals surface area (Å²) in [5.41, 5.74) is 5.35. The lowest BCUT2D eigenvalue weighted by Gasteiger charge is -2.19. The second-order valence-corrected chi connectivity index (χ2v) is 5.61. The largest absolute Gasteiger partial charge is 0.319 e. The van der Waals surface area contributed by atoms with Crippen molar-refractivity contribution in [2.45, 2.75) is 46.1 Å². The van der Waals surface area contributed by atoms with Gasteiger partial charge in [-0.1, -0.05) is 31.2 Å². The summed E-state index contributed by atoms with van der Waals surface area (Å²) < 4.78 is 2.15. The van der Waals surface area contributed by atoms with E-state index in [1.54, 1.807) is 0 Å². The van der Waals surface area contributed by atoms with Gasteiger partial charge in [0.1, 0.15) is 0 Å². The van der Waals surface area contributed by atoms with Crippen molar-refractivity contribution in [1.82, 2.24) is 15.1 Å². The summed E-state index contributed by atoms with van der Waals surface area (Å²) >= 11 is 0. The maximum Gasteiger partial charge on any atom is 0.0624 e. The smallest absolute Gasteiger partial charge is 0.0624 e. The van der Waals surface area contributed by atoms with Gasteiger partial charge in [0.05, 0.1) is 5.69 Å². The van der Waals surface area contributed by atoms with Crippen molar-refractivity contribution < 1.29 is 0 Å². The number of likely N-dealkylation sites (N-methyl/N-ethyl adjacent to an activating group) is 1. The van der Waals surface area contributed by atoms with Crippen molar-refractivity contribution in [3.8, 4) is 0 Å². The predicted molar refractivity (Wildman–Crippen MR) is 88.8 cm³/mol. The van der Waals surface area contributed by atoms with Gasteiger partial charge < -0.3 is 5.32 Å². The summed E-state index contributed by atoms with van der Waals surface area (Å²) in [7, 11) is 2.03. The number of rotatable bonds is 7. The molecule has 1 N–H and O–H groups in total. The fraction of sp³-hybridized carbons (Fsp3) is 0.500. The molecular weight excluding hydrogens is 258 g/mol. The van der Waals surface area contributed by atoms with Gasteiger partial charge in [0.15, 0.2) is 0 Å². The van der Waals surface area contributed by atoms with Crippen LogP contribution in [0.15, 0.2) is 30.3 Å². The molecule has 1 atom stereocenters. The minimum atomic E-state index is 0.489. The molecule has 3 heteroatoms. The number of nitrogens with zero attached hydrogens (tertiary/aromatic N) is 2. The van der Waals surface area contributed by atoms with E-state index in [2.05, 4.69) is 66.2 Å². The van der Waals surface area contributed by atoms with Gasteiger partial charge in [-0.15, -0.1) is 0 Å². The first-order valence-corrected chi connectivity index (χ1v) is 7.95. The third kappa shape index (κ3) is 3.73. The van der Waals surface area contributed by atoms with Crippen LogP contribution in [0.1, 0.15) is 42.3 Å². The van der Waals surface area contributed by atoms with E-state index >= 15 is 0 Å². The predicted octanol–water partition coefficient (Wildman–Crippen LogP) is 3.32. The van der Waals surface area contributed by atoms with Crippen LogP contribution in [0.3, 0.4) is 0 Å². The normalized spacial score (nSPS) is 12.6. The first-order chi connectivity index (χ1) is 10.2. The molecule has 1 heterocycles. The molecule has 3 nitrogen and oxygen atoms in total. The van der Waals surface area contributed by atoms with Crippen LogP contribution in [0.5, 0.6) is 0 Å². The van der Waals surface area contributed by atoms with Crippen LogP contribution in [-0.2, 0) is 19.4 Å². The minimum absolute atomic E-state index is 0.489. The standard InChI is InChI=1S/C18H27N3/c1-5-16-12-17(21(6-2)20-16)11-15(13-19-4)18-10-8-7-9-14(18)3/h7-10,12,15,19H,5-6,11,13H2,1-4H3. The van der Waals surface area contributed by atoms with Crippen LogP contribution in [-0.4, -0.2) is 23.4 Å². The molecule has 1 unspecified atom stereocenters. The van der Waals surface area contributed by atoms with E-state index in [1.165, 1.54) is 22.5 Å². The maximum absolute atomic E-state index is 4.67. The third-order valence-corrected chi connectivity index (χ3v) is 4.11. The number of hydrogen-bond donors (Lipinski definition) is 1. The summed E-state index contributed by atoms with van der Waals surface area (Å²) in [5.74, 6) is 0.489. The fourth-order valence-corrected chi connectivity index (χ4v) is 2.96. The minimum Gasteiger partial charge on any atom is -0.319 e. The van der Waals surface area contributed by atoms with Crippen molar-refractivity contribution >= 4 is 0 Å². The van der Waals surface area contributed by atoms with E-state index < -0.39 is 0 Å². The topological polar surface area (TPSA) is 29.9 Å². The number of hydrogen-bond acceptors (Lipinski definition) is 2. The van der Waals surface area contributed by atoms with Crippen LogP contribution < -0.4 is 5.32 Å². The highest BCUT2D eigenvalue weighted by molar-refractivity contribution is 5.31. The summed E-state index contributed by atoms with van der Waals surface area (Å²) in [6, 6.07) is 11.0. The molecule has 1 aromatic carbocycles. The van der Waals surface area contributed by atoms with Crippen LogP contribution >= 0.6 is 0 Å². The molecular formula is C18H27N3. The average Bonchev–Trinajstić information content (AvgIpc) is 2.89. The molecule has 0 aliphatic heterocycles. The first-order valence-electron chi connectivity index (χ1n) is 7.95. The Hall–Kier alpha value is -1.61. The van der Waals surface area contributed by atoms with Gasteiger partial charge in [-0.05, 0) is 50.9 Å². The Morgan fingerprint density at radius 3 is 2.62 bits per heavy atom. The lowest BCUT2D eigenvalue weighted by Crippen LogP contribution is -2.21. The summed E-state index contributed by atoms with van der Waals surface area (Å²) in [6.45, 7) is 8.46. The van der Waals surface area contributed by atoms with E-state index in [0.29, 0.717) is 5.92 Å². The Kier molecular flexibility index (Phi) is 5.57. The van der Waals surface area contributed by atoms with Crippen molar-refractivity contribution in [1.29, 1.82) is 0 Å². The van der Waals surface area contributed by atoms with Gasteiger partial charge in [0.25, 0.3) is 0 Å².